The van der Waals surface area contributed by atoms with E-state index >= 15 is 0 Å². The fraction of sp³-hybridized carbons (Fsp3) is 0.667. The number of hydrogen-bond donors (Lipinski definition) is 1. The lowest BCUT2D eigenvalue weighted by Gasteiger charge is -2.25. The first-order chi connectivity index (χ1) is 8.85. The average Bonchev–Trinajstić information content (AvgIpc) is 3.08. The molecule has 0 aromatic heterocycles. The molecule has 1 atom stereocenters. The van der Waals surface area contributed by atoms with Crippen molar-refractivity contribution in [3.63, 3.8) is 0 Å². The van der Waals surface area contributed by atoms with Crippen LogP contribution in [0.1, 0.15) is 58.6 Å². The van der Waals surface area contributed by atoms with Gasteiger partial charge in [-0.2, -0.15) is 0 Å². The highest BCUT2D eigenvalue weighted by Crippen LogP contribution is 2.48. The summed E-state index contributed by atoms with van der Waals surface area (Å²) in [6.45, 7) is 12.5. The van der Waals surface area contributed by atoms with Gasteiger partial charge in [0.1, 0.15) is 0 Å². The second-order valence-electron chi connectivity index (χ2n) is 7.42. The summed E-state index contributed by atoms with van der Waals surface area (Å²) >= 11 is 0. The van der Waals surface area contributed by atoms with Crippen LogP contribution < -0.4 is 5.32 Å². The maximum absolute atomic E-state index is 3.68. The molecule has 1 aromatic rings. The summed E-state index contributed by atoms with van der Waals surface area (Å²) in [7, 11) is 0. The Labute approximate surface area is 118 Å². The highest BCUT2D eigenvalue weighted by atomic mass is 14.9. The second-order valence-corrected chi connectivity index (χ2v) is 7.42. The van der Waals surface area contributed by atoms with Crippen LogP contribution in [-0.2, 0) is 11.8 Å². The molecule has 0 saturated heterocycles. The van der Waals surface area contributed by atoms with Crippen LogP contribution in [0.3, 0.4) is 0 Å². The van der Waals surface area contributed by atoms with Crippen molar-refractivity contribution in [2.75, 3.05) is 6.54 Å². The molecule has 1 aromatic carbocycles. The van der Waals surface area contributed by atoms with Gasteiger partial charge in [0.25, 0.3) is 0 Å². The third-order valence-electron chi connectivity index (χ3n) is 4.59. The molecule has 0 heterocycles. The summed E-state index contributed by atoms with van der Waals surface area (Å²) in [5.41, 5.74) is 3.68. The van der Waals surface area contributed by atoms with Crippen molar-refractivity contribution >= 4 is 0 Å². The molecular formula is C18H29N. The van der Waals surface area contributed by atoms with E-state index in [0.29, 0.717) is 11.5 Å². The molecular weight excluding hydrogens is 230 g/mol. The molecule has 2 rings (SSSR count). The Balaban J connectivity index is 2.06. The van der Waals surface area contributed by atoms with Gasteiger partial charge in [-0.1, -0.05) is 58.9 Å². The minimum atomic E-state index is 0.252. The Morgan fingerprint density at radius 2 is 1.74 bits per heavy atom. The van der Waals surface area contributed by atoms with Crippen LogP contribution in [0.25, 0.3) is 0 Å². The molecule has 0 amide bonds. The maximum Gasteiger partial charge on any atom is 0.0161 e. The molecule has 1 N–H and O–H groups in total. The summed E-state index contributed by atoms with van der Waals surface area (Å²) in [6.07, 6.45) is 3.92. The van der Waals surface area contributed by atoms with Gasteiger partial charge in [-0.05, 0) is 47.8 Å². The number of benzene rings is 1. The number of hydrogen-bond acceptors (Lipinski definition) is 1. The third-order valence-corrected chi connectivity index (χ3v) is 4.59. The monoisotopic (exact) mass is 259 g/mol. The molecule has 0 radical (unpaired) electrons. The first-order valence-corrected chi connectivity index (χ1v) is 7.68. The highest BCUT2D eigenvalue weighted by molar-refractivity contribution is 5.28. The highest BCUT2D eigenvalue weighted by Gasteiger charge is 2.44. The third kappa shape index (κ3) is 3.60. The van der Waals surface area contributed by atoms with Crippen molar-refractivity contribution in [3.05, 3.63) is 35.4 Å². The zero-order valence-electron chi connectivity index (χ0n) is 13.2. The van der Waals surface area contributed by atoms with E-state index in [1.165, 1.54) is 24.0 Å². The summed E-state index contributed by atoms with van der Waals surface area (Å²) < 4.78 is 0. The van der Waals surface area contributed by atoms with E-state index in [-0.39, 0.29) is 5.41 Å². The number of likely N-dealkylation sites (N-methyl/N-ethyl adjacent to an activating group) is 1. The molecule has 1 aliphatic carbocycles. The van der Waals surface area contributed by atoms with Crippen LogP contribution in [0.4, 0.5) is 0 Å². The molecule has 0 spiro atoms. The van der Waals surface area contributed by atoms with E-state index in [4.69, 9.17) is 0 Å². The lowest BCUT2D eigenvalue weighted by Crippen LogP contribution is -2.38. The summed E-state index contributed by atoms with van der Waals surface area (Å²) in [5, 5.41) is 3.68. The van der Waals surface area contributed by atoms with Gasteiger partial charge in [0.15, 0.2) is 0 Å². The molecule has 1 aliphatic rings. The van der Waals surface area contributed by atoms with Gasteiger partial charge in [-0.25, -0.2) is 0 Å². The topological polar surface area (TPSA) is 12.0 Å². The molecule has 0 aliphatic heterocycles. The standard InChI is InChI=1S/C18H29N/c1-6-19-16(18(5)11-12-18)13-14-7-9-15(10-8-14)17(2,3)4/h7-10,16,19H,6,11-13H2,1-5H3. The van der Waals surface area contributed by atoms with Gasteiger partial charge in [0.2, 0.25) is 0 Å². The smallest absolute Gasteiger partial charge is 0.0161 e. The van der Waals surface area contributed by atoms with Gasteiger partial charge in [0.05, 0.1) is 0 Å². The summed E-state index contributed by atoms with van der Waals surface area (Å²) in [5.74, 6) is 0. The zero-order chi connectivity index (χ0) is 14.1. The molecule has 1 saturated carbocycles. The van der Waals surface area contributed by atoms with Gasteiger partial charge in [-0.15, -0.1) is 0 Å². The minimum Gasteiger partial charge on any atom is -0.313 e. The van der Waals surface area contributed by atoms with Gasteiger partial charge >= 0.3 is 0 Å². The SMILES string of the molecule is CCNC(Cc1ccc(C(C)(C)C)cc1)C1(C)CC1. The maximum atomic E-state index is 3.68. The fourth-order valence-electron chi connectivity index (χ4n) is 2.73. The van der Waals surface area contributed by atoms with Crippen LogP contribution in [0.15, 0.2) is 24.3 Å². The van der Waals surface area contributed by atoms with Crippen LogP contribution in [0.5, 0.6) is 0 Å². The lowest BCUT2D eigenvalue weighted by atomic mass is 9.85. The normalized spacial score (nSPS) is 19.2. The van der Waals surface area contributed by atoms with E-state index in [1.807, 2.05) is 0 Å². The number of nitrogens with one attached hydrogen (secondary N) is 1. The molecule has 1 heteroatoms. The van der Waals surface area contributed by atoms with Crippen molar-refractivity contribution < 1.29 is 0 Å². The van der Waals surface area contributed by atoms with Crippen LogP contribution in [0.2, 0.25) is 0 Å². The average molecular weight is 259 g/mol. The van der Waals surface area contributed by atoms with Crippen LogP contribution in [0, 0.1) is 5.41 Å². The van der Waals surface area contributed by atoms with Crippen LogP contribution >= 0.6 is 0 Å². The Kier molecular flexibility index (Phi) is 4.06. The van der Waals surface area contributed by atoms with Crippen molar-refractivity contribution in [1.29, 1.82) is 0 Å². The fourth-order valence-corrected chi connectivity index (χ4v) is 2.73. The Bertz CT molecular complexity index is 406. The molecule has 0 bridgehead atoms. The lowest BCUT2D eigenvalue weighted by molar-refractivity contribution is 0.360. The van der Waals surface area contributed by atoms with E-state index in [1.54, 1.807) is 0 Å². The second kappa shape index (κ2) is 5.28. The number of rotatable bonds is 5. The molecule has 1 unspecified atom stereocenters. The van der Waals surface area contributed by atoms with Crippen molar-refractivity contribution in [3.8, 4) is 0 Å². The van der Waals surface area contributed by atoms with Gasteiger partial charge in [-0.3, -0.25) is 0 Å². The summed E-state index contributed by atoms with van der Waals surface area (Å²) in [6, 6.07) is 9.87. The van der Waals surface area contributed by atoms with Gasteiger partial charge < -0.3 is 5.32 Å². The molecule has 106 valence electrons. The Morgan fingerprint density at radius 3 is 2.16 bits per heavy atom. The largest absolute Gasteiger partial charge is 0.313 e. The van der Waals surface area contributed by atoms with E-state index in [9.17, 15) is 0 Å². The van der Waals surface area contributed by atoms with Crippen LogP contribution in [-0.4, -0.2) is 12.6 Å². The minimum absolute atomic E-state index is 0.252. The van der Waals surface area contributed by atoms with Gasteiger partial charge in [0, 0.05) is 6.04 Å². The summed E-state index contributed by atoms with van der Waals surface area (Å²) in [4.78, 5) is 0. The molecule has 1 fully saturated rings. The Hall–Kier alpha value is -0.820. The van der Waals surface area contributed by atoms with Crippen molar-refractivity contribution in [2.45, 2.75) is 65.3 Å². The zero-order valence-corrected chi connectivity index (χ0v) is 13.2. The van der Waals surface area contributed by atoms with Crippen molar-refractivity contribution in [2.24, 2.45) is 5.41 Å². The Morgan fingerprint density at radius 1 is 1.16 bits per heavy atom. The predicted octanol–water partition coefficient (Wildman–Crippen LogP) is 4.30. The van der Waals surface area contributed by atoms with E-state index < -0.39 is 0 Å². The predicted molar refractivity (Wildman–Crippen MR) is 83.7 cm³/mol. The first kappa shape index (κ1) is 14.6. The van der Waals surface area contributed by atoms with E-state index in [2.05, 4.69) is 64.2 Å². The van der Waals surface area contributed by atoms with E-state index in [0.717, 1.165) is 13.0 Å². The molecule has 1 nitrogen and oxygen atoms in total. The quantitative estimate of drug-likeness (QED) is 0.831. The molecule has 19 heavy (non-hydrogen) atoms. The van der Waals surface area contributed by atoms with Crippen molar-refractivity contribution in [1.82, 2.24) is 5.32 Å². The first-order valence-electron chi connectivity index (χ1n) is 7.68.